The molecular weight excluding hydrogens is 252 g/mol. The van der Waals surface area contributed by atoms with Gasteiger partial charge in [-0.1, -0.05) is 18.1 Å². The summed E-state index contributed by atoms with van der Waals surface area (Å²) in [6.45, 7) is 10.3. The topological polar surface area (TPSA) is 47.3 Å². The lowest BCUT2D eigenvalue weighted by Gasteiger charge is -2.11. The zero-order valence-corrected chi connectivity index (χ0v) is 12.6. The van der Waals surface area contributed by atoms with E-state index in [1.807, 2.05) is 6.07 Å². The Hall–Kier alpha value is -1.81. The third-order valence-corrected chi connectivity index (χ3v) is 3.30. The van der Waals surface area contributed by atoms with Gasteiger partial charge < -0.3 is 14.6 Å². The maximum atomic E-state index is 5.85. The molecule has 1 heterocycles. The van der Waals surface area contributed by atoms with Crippen molar-refractivity contribution in [3.05, 3.63) is 46.3 Å². The molecule has 2 rings (SSSR count). The highest BCUT2D eigenvalue weighted by Crippen LogP contribution is 2.24. The number of benzene rings is 1. The second-order valence-electron chi connectivity index (χ2n) is 5.06. The summed E-state index contributed by atoms with van der Waals surface area (Å²) in [6, 6.07) is 6.14. The lowest BCUT2D eigenvalue weighted by molar-refractivity contribution is 0.247. The van der Waals surface area contributed by atoms with E-state index in [0.29, 0.717) is 6.61 Å². The SMILES string of the molecule is CCNCc1cc(COc2cc(C)cc(C)c2C)on1. The second-order valence-corrected chi connectivity index (χ2v) is 5.06. The maximum Gasteiger partial charge on any atom is 0.174 e. The molecule has 0 saturated heterocycles. The van der Waals surface area contributed by atoms with E-state index in [9.17, 15) is 0 Å². The molecule has 1 aromatic heterocycles. The van der Waals surface area contributed by atoms with Gasteiger partial charge in [0.1, 0.15) is 12.4 Å². The standard InChI is InChI=1S/C16H22N2O2/c1-5-17-9-14-8-15(20-18-14)10-19-16-7-11(2)6-12(3)13(16)4/h6-8,17H,5,9-10H2,1-4H3. The molecule has 0 saturated carbocycles. The summed E-state index contributed by atoms with van der Waals surface area (Å²) >= 11 is 0. The number of nitrogens with zero attached hydrogens (tertiary/aromatic N) is 1. The van der Waals surface area contributed by atoms with Crippen molar-refractivity contribution >= 4 is 0 Å². The third kappa shape index (κ3) is 3.61. The highest BCUT2D eigenvalue weighted by molar-refractivity contribution is 5.41. The van der Waals surface area contributed by atoms with Crippen LogP contribution in [0.1, 0.15) is 35.1 Å². The van der Waals surface area contributed by atoms with Crippen LogP contribution in [0.3, 0.4) is 0 Å². The number of hydrogen-bond acceptors (Lipinski definition) is 4. The van der Waals surface area contributed by atoms with E-state index >= 15 is 0 Å². The molecule has 0 atom stereocenters. The molecule has 0 aliphatic rings. The van der Waals surface area contributed by atoms with Crippen molar-refractivity contribution in [1.29, 1.82) is 0 Å². The van der Waals surface area contributed by atoms with Crippen LogP contribution in [0.4, 0.5) is 0 Å². The largest absolute Gasteiger partial charge is 0.485 e. The zero-order chi connectivity index (χ0) is 14.5. The van der Waals surface area contributed by atoms with Crippen molar-refractivity contribution in [3.63, 3.8) is 0 Å². The van der Waals surface area contributed by atoms with Crippen LogP contribution < -0.4 is 10.1 Å². The quantitative estimate of drug-likeness (QED) is 0.878. The first-order valence-electron chi connectivity index (χ1n) is 6.96. The molecule has 0 unspecified atom stereocenters. The van der Waals surface area contributed by atoms with Gasteiger partial charge in [-0.25, -0.2) is 0 Å². The number of ether oxygens (including phenoxy) is 1. The van der Waals surface area contributed by atoms with Crippen molar-refractivity contribution in [1.82, 2.24) is 10.5 Å². The Balaban J connectivity index is 2.00. The zero-order valence-electron chi connectivity index (χ0n) is 12.6. The molecule has 108 valence electrons. The van der Waals surface area contributed by atoms with Crippen molar-refractivity contribution in [2.45, 2.75) is 40.8 Å². The number of hydrogen-bond donors (Lipinski definition) is 1. The van der Waals surface area contributed by atoms with Crippen LogP contribution >= 0.6 is 0 Å². The van der Waals surface area contributed by atoms with E-state index in [-0.39, 0.29) is 0 Å². The fourth-order valence-corrected chi connectivity index (χ4v) is 2.06. The molecule has 0 bridgehead atoms. The second kappa shape index (κ2) is 6.57. The van der Waals surface area contributed by atoms with E-state index in [0.717, 1.165) is 30.3 Å². The maximum absolute atomic E-state index is 5.85. The van der Waals surface area contributed by atoms with E-state index in [2.05, 4.69) is 50.3 Å². The van der Waals surface area contributed by atoms with Crippen LogP contribution in [0, 0.1) is 20.8 Å². The van der Waals surface area contributed by atoms with Crippen molar-refractivity contribution in [2.75, 3.05) is 6.54 Å². The molecule has 0 radical (unpaired) electrons. The first-order valence-corrected chi connectivity index (χ1v) is 6.96. The summed E-state index contributed by atoms with van der Waals surface area (Å²) in [5.41, 5.74) is 4.52. The average molecular weight is 274 g/mol. The van der Waals surface area contributed by atoms with E-state index in [1.54, 1.807) is 0 Å². The first-order chi connectivity index (χ1) is 9.60. The van der Waals surface area contributed by atoms with Crippen LogP contribution in [0.25, 0.3) is 0 Å². The predicted molar refractivity (Wildman–Crippen MR) is 78.9 cm³/mol. The van der Waals surface area contributed by atoms with Crippen molar-refractivity contribution in [2.24, 2.45) is 0 Å². The van der Waals surface area contributed by atoms with Gasteiger partial charge in [-0.2, -0.15) is 0 Å². The molecule has 1 N–H and O–H groups in total. The van der Waals surface area contributed by atoms with Crippen LogP contribution in [0.15, 0.2) is 22.7 Å². The van der Waals surface area contributed by atoms with Gasteiger partial charge in [-0.05, 0) is 50.1 Å². The summed E-state index contributed by atoms with van der Waals surface area (Å²) in [7, 11) is 0. The third-order valence-electron chi connectivity index (χ3n) is 3.30. The number of aryl methyl sites for hydroxylation is 2. The Kier molecular flexibility index (Phi) is 4.79. The summed E-state index contributed by atoms with van der Waals surface area (Å²) < 4.78 is 11.1. The fraction of sp³-hybridized carbons (Fsp3) is 0.438. The molecule has 2 aromatic rings. The van der Waals surface area contributed by atoms with Crippen LogP contribution in [-0.2, 0) is 13.2 Å². The lowest BCUT2D eigenvalue weighted by atomic mass is 10.1. The van der Waals surface area contributed by atoms with Gasteiger partial charge in [0.05, 0.1) is 5.69 Å². The Labute approximate surface area is 120 Å². The number of aromatic nitrogens is 1. The summed E-state index contributed by atoms with van der Waals surface area (Å²) in [5, 5.41) is 7.22. The molecule has 0 amide bonds. The molecule has 4 heteroatoms. The molecule has 20 heavy (non-hydrogen) atoms. The molecule has 0 aliphatic heterocycles. The van der Waals surface area contributed by atoms with Gasteiger partial charge in [0.15, 0.2) is 5.76 Å². The Morgan fingerprint density at radius 2 is 2.00 bits per heavy atom. The first kappa shape index (κ1) is 14.6. The summed E-state index contributed by atoms with van der Waals surface area (Å²) in [5.74, 6) is 1.66. The van der Waals surface area contributed by atoms with Gasteiger partial charge >= 0.3 is 0 Å². The lowest BCUT2D eigenvalue weighted by Crippen LogP contribution is -2.11. The number of nitrogens with one attached hydrogen (secondary N) is 1. The summed E-state index contributed by atoms with van der Waals surface area (Å²) in [4.78, 5) is 0. The fourth-order valence-electron chi connectivity index (χ4n) is 2.06. The molecule has 4 nitrogen and oxygen atoms in total. The molecule has 0 spiro atoms. The van der Waals surface area contributed by atoms with E-state index < -0.39 is 0 Å². The smallest absolute Gasteiger partial charge is 0.174 e. The summed E-state index contributed by atoms with van der Waals surface area (Å²) in [6.07, 6.45) is 0. The molecule has 0 fully saturated rings. The molecule has 1 aromatic carbocycles. The Morgan fingerprint density at radius 3 is 2.75 bits per heavy atom. The van der Waals surface area contributed by atoms with E-state index in [4.69, 9.17) is 9.26 Å². The minimum Gasteiger partial charge on any atom is -0.485 e. The van der Waals surface area contributed by atoms with Crippen LogP contribution in [-0.4, -0.2) is 11.7 Å². The van der Waals surface area contributed by atoms with Gasteiger partial charge in [-0.3, -0.25) is 0 Å². The minimum absolute atomic E-state index is 0.406. The molecule has 0 aliphatic carbocycles. The van der Waals surface area contributed by atoms with Gasteiger partial charge in [0.2, 0.25) is 0 Å². The van der Waals surface area contributed by atoms with E-state index in [1.165, 1.54) is 16.7 Å². The van der Waals surface area contributed by atoms with Crippen LogP contribution in [0.5, 0.6) is 5.75 Å². The Bertz CT molecular complexity index is 576. The Morgan fingerprint density at radius 1 is 1.20 bits per heavy atom. The number of rotatable bonds is 6. The van der Waals surface area contributed by atoms with Crippen molar-refractivity contribution < 1.29 is 9.26 Å². The average Bonchev–Trinajstić information content (AvgIpc) is 2.86. The highest BCUT2D eigenvalue weighted by Gasteiger charge is 2.08. The van der Waals surface area contributed by atoms with Crippen LogP contribution in [0.2, 0.25) is 0 Å². The highest BCUT2D eigenvalue weighted by atomic mass is 16.5. The van der Waals surface area contributed by atoms with Gasteiger partial charge in [-0.15, -0.1) is 0 Å². The normalized spacial score (nSPS) is 10.8. The van der Waals surface area contributed by atoms with Crippen molar-refractivity contribution in [3.8, 4) is 5.75 Å². The van der Waals surface area contributed by atoms with Gasteiger partial charge in [0.25, 0.3) is 0 Å². The minimum atomic E-state index is 0.406. The van der Waals surface area contributed by atoms with Gasteiger partial charge in [0, 0.05) is 12.6 Å². The monoisotopic (exact) mass is 274 g/mol. The predicted octanol–water partition coefficient (Wildman–Crippen LogP) is 3.29. The molecular formula is C16H22N2O2.